The number of carbonyl (C=O) groups is 1. The summed E-state index contributed by atoms with van der Waals surface area (Å²) in [5.41, 5.74) is 0.127. The lowest BCUT2D eigenvalue weighted by Gasteiger charge is -2.57. The lowest BCUT2D eigenvalue weighted by atomic mass is 9.58. The van der Waals surface area contributed by atoms with Crippen molar-refractivity contribution in [1.29, 1.82) is 0 Å². The molecule has 2 atom stereocenters. The van der Waals surface area contributed by atoms with Gasteiger partial charge in [0.2, 0.25) is 5.91 Å². The van der Waals surface area contributed by atoms with Crippen LogP contribution in [0.3, 0.4) is 0 Å². The fourth-order valence-electron chi connectivity index (χ4n) is 3.08. The molecule has 16 heavy (non-hydrogen) atoms. The van der Waals surface area contributed by atoms with Crippen molar-refractivity contribution in [3.8, 4) is 0 Å². The maximum atomic E-state index is 11.6. The van der Waals surface area contributed by atoms with Crippen LogP contribution in [-0.4, -0.2) is 37.1 Å². The first-order valence-corrected chi connectivity index (χ1v) is 5.99. The van der Waals surface area contributed by atoms with Gasteiger partial charge in [0.15, 0.2) is 0 Å². The molecule has 3 heteroatoms. The number of ether oxygens (including phenoxy) is 1. The third-order valence-corrected chi connectivity index (χ3v) is 4.33. The molecule has 1 aliphatic rings. The van der Waals surface area contributed by atoms with Crippen LogP contribution in [0.1, 0.15) is 33.1 Å². The largest absolute Gasteiger partial charge is 0.381 e. The molecule has 1 fully saturated rings. The van der Waals surface area contributed by atoms with Crippen LogP contribution in [0.4, 0.5) is 0 Å². The summed E-state index contributed by atoms with van der Waals surface area (Å²) < 4.78 is 5.51. The lowest BCUT2D eigenvalue weighted by molar-refractivity contribution is -0.167. The van der Waals surface area contributed by atoms with Gasteiger partial charge in [-0.25, -0.2) is 0 Å². The summed E-state index contributed by atoms with van der Waals surface area (Å²) in [6.07, 6.45) is 4.69. The van der Waals surface area contributed by atoms with Gasteiger partial charge in [-0.05, 0) is 25.3 Å². The molecular formula is C13H23NO2. The SMILES string of the molecule is C=CC(=O)N(C)C1CC(OC)C1(CC)CC. The zero-order chi connectivity index (χ0) is 12.3. The molecule has 0 aromatic rings. The zero-order valence-corrected chi connectivity index (χ0v) is 10.8. The van der Waals surface area contributed by atoms with Crippen molar-refractivity contribution in [3.05, 3.63) is 12.7 Å². The summed E-state index contributed by atoms with van der Waals surface area (Å²) in [6, 6.07) is 0.290. The maximum absolute atomic E-state index is 11.6. The number of rotatable bonds is 5. The second-order valence-corrected chi connectivity index (χ2v) is 4.57. The summed E-state index contributed by atoms with van der Waals surface area (Å²) in [5, 5.41) is 0. The van der Waals surface area contributed by atoms with E-state index in [-0.39, 0.29) is 23.5 Å². The van der Waals surface area contributed by atoms with Crippen LogP contribution < -0.4 is 0 Å². The molecule has 1 aliphatic carbocycles. The Kier molecular flexibility index (Phi) is 4.14. The molecule has 3 nitrogen and oxygen atoms in total. The molecule has 1 amide bonds. The van der Waals surface area contributed by atoms with Crippen molar-refractivity contribution in [3.63, 3.8) is 0 Å². The van der Waals surface area contributed by atoms with Gasteiger partial charge in [-0.1, -0.05) is 20.4 Å². The van der Waals surface area contributed by atoms with Crippen LogP contribution >= 0.6 is 0 Å². The van der Waals surface area contributed by atoms with Gasteiger partial charge in [0.05, 0.1) is 6.10 Å². The van der Waals surface area contributed by atoms with Gasteiger partial charge in [-0.2, -0.15) is 0 Å². The second kappa shape index (κ2) is 5.00. The summed E-state index contributed by atoms with van der Waals surface area (Å²) >= 11 is 0. The van der Waals surface area contributed by atoms with E-state index in [2.05, 4.69) is 20.4 Å². The van der Waals surface area contributed by atoms with Crippen LogP contribution in [0.25, 0.3) is 0 Å². The quantitative estimate of drug-likeness (QED) is 0.671. The van der Waals surface area contributed by atoms with E-state index in [4.69, 9.17) is 4.74 Å². The van der Waals surface area contributed by atoms with Crippen LogP contribution in [0.2, 0.25) is 0 Å². The molecule has 1 rings (SSSR count). The number of hydrogen-bond acceptors (Lipinski definition) is 2. The summed E-state index contributed by atoms with van der Waals surface area (Å²) in [6.45, 7) is 7.89. The minimum atomic E-state index is 0.00540. The Bertz CT molecular complexity index is 271. The number of carbonyl (C=O) groups excluding carboxylic acids is 1. The fraction of sp³-hybridized carbons (Fsp3) is 0.769. The maximum Gasteiger partial charge on any atom is 0.245 e. The molecule has 0 aromatic carbocycles. The molecule has 0 aromatic heterocycles. The van der Waals surface area contributed by atoms with Crippen molar-refractivity contribution >= 4 is 5.91 Å². The Morgan fingerprint density at radius 3 is 2.50 bits per heavy atom. The van der Waals surface area contributed by atoms with Gasteiger partial charge in [-0.3, -0.25) is 4.79 Å². The molecule has 0 heterocycles. The number of likely N-dealkylation sites (N-methyl/N-ethyl adjacent to an activating group) is 1. The van der Waals surface area contributed by atoms with E-state index < -0.39 is 0 Å². The number of methoxy groups -OCH3 is 1. The van der Waals surface area contributed by atoms with E-state index in [0.29, 0.717) is 0 Å². The zero-order valence-electron chi connectivity index (χ0n) is 10.8. The summed E-state index contributed by atoms with van der Waals surface area (Å²) in [5.74, 6) is 0.00540. The highest BCUT2D eigenvalue weighted by molar-refractivity contribution is 5.87. The lowest BCUT2D eigenvalue weighted by Crippen LogP contribution is -2.64. The second-order valence-electron chi connectivity index (χ2n) is 4.57. The first kappa shape index (κ1) is 13.2. The average molecular weight is 225 g/mol. The molecule has 0 radical (unpaired) electrons. The van der Waals surface area contributed by atoms with Gasteiger partial charge in [-0.15, -0.1) is 0 Å². The molecule has 92 valence electrons. The first-order valence-electron chi connectivity index (χ1n) is 5.99. The first-order chi connectivity index (χ1) is 7.57. The average Bonchev–Trinajstić information content (AvgIpc) is 2.29. The Morgan fingerprint density at radius 1 is 1.56 bits per heavy atom. The van der Waals surface area contributed by atoms with Gasteiger partial charge in [0.1, 0.15) is 0 Å². The Labute approximate surface area is 98.5 Å². The summed E-state index contributed by atoms with van der Waals surface area (Å²) in [7, 11) is 3.62. The number of nitrogens with zero attached hydrogens (tertiary/aromatic N) is 1. The molecule has 0 spiro atoms. The minimum absolute atomic E-state index is 0.00540. The van der Waals surface area contributed by atoms with E-state index >= 15 is 0 Å². The normalized spacial score (nSPS) is 27.0. The molecule has 0 saturated heterocycles. The minimum Gasteiger partial charge on any atom is -0.381 e. The van der Waals surface area contributed by atoms with Crippen molar-refractivity contribution in [2.45, 2.75) is 45.3 Å². The summed E-state index contributed by atoms with van der Waals surface area (Å²) in [4.78, 5) is 13.4. The standard InChI is InChI=1S/C13H23NO2/c1-6-12(15)14(4)10-9-11(16-5)13(10,7-2)8-3/h6,10-11H,1,7-9H2,2-5H3. The van der Waals surface area contributed by atoms with Crippen LogP contribution in [-0.2, 0) is 9.53 Å². The van der Waals surface area contributed by atoms with Crippen molar-refractivity contribution in [2.24, 2.45) is 5.41 Å². The molecule has 0 N–H and O–H groups in total. The Balaban J connectivity index is 2.83. The van der Waals surface area contributed by atoms with Gasteiger partial charge >= 0.3 is 0 Å². The topological polar surface area (TPSA) is 29.5 Å². The van der Waals surface area contributed by atoms with E-state index in [0.717, 1.165) is 19.3 Å². The van der Waals surface area contributed by atoms with Crippen molar-refractivity contribution in [1.82, 2.24) is 4.90 Å². The van der Waals surface area contributed by atoms with Gasteiger partial charge in [0, 0.05) is 25.6 Å². The smallest absolute Gasteiger partial charge is 0.245 e. The van der Waals surface area contributed by atoms with Crippen LogP contribution in [0, 0.1) is 5.41 Å². The highest BCUT2D eigenvalue weighted by Gasteiger charge is 2.55. The third kappa shape index (κ3) is 1.77. The number of hydrogen-bond donors (Lipinski definition) is 0. The Morgan fingerprint density at radius 2 is 2.12 bits per heavy atom. The van der Waals surface area contributed by atoms with E-state index in [1.54, 1.807) is 7.11 Å². The van der Waals surface area contributed by atoms with Gasteiger partial charge < -0.3 is 9.64 Å². The van der Waals surface area contributed by atoms with Crippen LogP contribution in [0.5, 0.6) is 0 Å². The molecule has 0 aliphatic heterocycles. The predicted octanol–water partition coefficient (Wildman–Crippen LogP) is 2.22. The molecular weight excluding hydrogens is 202 g/mol. The monoisotopic (exact) mass is 225 g/mol. The van der Waals surface area contributed by atoms with Gasteiger partial charge in [0.25, 0.3) is 0 Å². The van der Waals surface area contributed by atoms with E-state index in [1.807, 2.05) is 11.9 Å². The highest BCUT2D eigenvalue weighted by Crippen LogP contribution is 2.50. The van der Waals surface area contributed by atoms with Crippen molar-refractivity contribution in [2.75, 3.05) is 14.2 Å². The van der Waals surface area contributed by atoms with Crippen LogP contribution in [0.15, 0.2) is 12.7 Å². The third-order valence-electron chi connectivity index (χ3n) is 4.33. The Hall–Kier alpha value is -0.830. The molecule has 2 unspecified atom stereocenters. The van der Waals surface area contributed by atoms with E-state index in [1.165, 1.54) is 6.08 Å². The molecule has 1 saturated carbocycles. The van der Waals surface area contributed by atoms with Crippen molar-refractivity contribution < 1.29 is 9.53 Å². The van der Waals surface area contributed by atoms with E-state index in [9.17, 15) is 4.79 Å². The highest BCUT2D eigenvalue weighted by atomic mass is 16.5. The fourth-order valence-corrected chi connectivity index (χ4v) is 3.08. The molecule has 0 bridgehead atoms. The predicted molar refractivity (Wildman–Crippen MR) is 65.2 cm³/mol. The number of amides is 1.